The fraction of sp³-hybridized carbons (Fsp3) is 0.429. The second-order valence-electron chi connectivity index (χ2n) is 2.24. The quantitative estimate of drug-likeness (QED) is 0.625. The molecule has 11 heavy (non-hydrogen) atoms. The molecule has 0 radical (unpaired) electrons. The zero-order valence-corrected chi connectivity index (χ0v) is 7.88. The van der Waals surface area contributed by atoms with Gasteiger partial charge in [0.05, 0.1) is 7.11 Å². The maximum absolute atomic E-state index is 11.0. The minimum atomic E-state index is -0.358. The number of esters is 1. The molecular weight excluding hydrogens is 210 g/mol. The smallest absolute Gasteiger partial charge is 0.353 e. The molecule has 4 heteroatoms. The number of hydrogen-bond donors (Lipinski definition) is 0. The predicted octanol–water partition coefficient (Wildman–Crippen LogP) is 1.49. The van der Waals surface area contributed by atoms with Crippen LogP contribution in [-0.2, 0) is 9.53 Å². The molecule has 3 nitrogen and oxygen atoms in total. The van der Waals surface area contributed by atoms with E-state index in [0.717, 1.165) is 4.48 Å². The molecule has 1 atom stereocenters. The first-order chi connectivity index (χ1) is 5.16. The van der Waals surface area contributed by atoms with Crippen LogP contribution in [0.3, 0.4) is 0 Å². The summed E-state index contributed by atoms with van der Waals surface area (Å²) < 4.78 is 5.44. The van der Waals surface area contributed by atoms with E-state index in [4.69, 9.17) is 0 Å². The van der Waals surface area contributed by atoms with Crippen LogP contribution in [0, 0.1) is 5.92 Å². The Morgan fingerprint density at radius 1 is 1.82 bits per heavy atom. The summed E-state index contributed by atoms with van der Waals surface area (Å²) in [4.78, 5) is 14.9. The van der Waals surface area contributed by atoms with Crippen LogP contribution >= 0.6 is 15.9 Å². The minimum absolute atomic E-state index is 0.0300. The van der Waals surface area contributed by atoms with Gasteiger partial charge in [0.2, 0.25) is 0 Å². The molecule has 0 saturated heterocycles. The third-order valence-electron chi connectivity index (χ3n) is 1.55. The third kappa shape index (κ3) is 1.50. The molecule has 0 bridgehead atoms. The van der Waals surface area contributed by atoms with Crippen LogP contribution in [0.2, 0.25) is 0 Å². The molecule has 1 aliphatic rings. The Kier molecular flexibility index (Phi) is 2.44. The maximum Gasteiger partial charge on any atom is 0.353 e. The molecule has 60 valence electrons. The Morgan fingerprint density at radius 3 is 2.82 bits per heavy atom. The lowest BCUT2D eigenvalue weighted by Crippen LogP contribution is -2.20. The van der Waals surface area contributed by atoms with E-state index in [-0.39, 0.29) is 11.9 Å². The van der Waals surface area contributed by atoms with Gasteiger partial charge in [-0.2, -0.15) is 0 Å². The summed E-state index contributed by atoms with van der Waals surface area (Å²) in [5.41, 5.74) is 0.458. The molecule has 0 aromatic carbocycles. The zero-order valence-electron chi connectivity index (χ0n) is 6.30. The van der Waals surface area contributed by atoms with Crippen molar-refractivity contribution in [1.29, 1.82) is 0 Å². The van der Waals surface area contributed by atoms with Crippen LogP contribution in [-0.4, -0.2) is 18.8 Å². The summed E-state index contributed by atoms with van der Waals surface area (Å²) in [5.74, 6) is -0.328. The predicted molar refractivity (Wildman–Crippen MR) is 45.6 cm³/mol. The van der Waals surface area contributed by atoms with Gasteiger partial charge in [-0.25, -0.2) is 4.79 Å². The van der Waals surface area contributed by atoms with E-state index in [9.17, 15) is 4.79 Å². The van der Waals surface area contributed by atoms with Crippen LogP contribution in [0.25, 0.3) is 0 Å². The molecule has 0 aliphatic carbocycles. The number of hydrogen-bond acceptors (Lipinski definition) is 3. The average Bonchev–Trinajstić information content (AvgIpc) is 2.32. The number of methoxy groups -OCH3 is 1. The highest BCUT2D eigenvalue weighted by Crippen LogP contribution is 2.24. The number of ether oxygens (including phenoxy) is 1. The highest BCUT2D eigenvalue weighted by Gasteiger charge is 2.25. The lowest BCUT2D eigenvalue weighted by molar-refractivity contribution is -0.132. The van der Waals surface area contributed by atoms with E-state index in [2.05, 4.69) is 25.7 Å². The first kappa shape index (κ1) is 8.46. The molecule has 0 spiro atoms. The fourth-order valence-corrected chi connectivity index (χ4v) is 1.14. The van der Waals surface area contributed by atoms with Gasteiger partial charge in [-0.05, 0) is 0 Å². The van der Waals surface area contributed by atoms with Gasteiger partial charge in [-0.15, -0.1) is 0 Å². The van der Waals surface area contributed by atoms with Crippen molar-refractivity contribution in [2.24, 2.45) is 10.9 Å². The van der Waals surface area contributed by atoms with E-state index in [0.29, 0.717) is 5.71 Å². The molecule has 0 aromatic heterocycles. The minimum Gasteiger partial charge on any atom is -0.465 e. The largest absolute Gasteiger partial charge is 0.465 e. The number of rotatable bonds is 1. The van der Waals surface area contributed by atoms with Crippen molar-refractivity contribution < 1.29 is 9.53 Å². The fourth-order valence-electron chi connectivity index (χ4n) is 0.819. The van der Waals surface area contributed by atoms with Crippen LogP contribution in [0.15, 0.2) is 15.7 Å². The first-order valence-corrected chi connectivity index (χ1v) is 3.97. The van der Waals surface area contributed by atoms with Crippen molar-refractivity contribution >= 4 is 27.6 Å². The third-order valence-corrected chi connectivity index (χ3v) is 2.44. The maximum atomic E-state index is 11.0. The number of carbonyl (C=O) groups excluding carboxylic acids is 1. The Bertz CT molecular complexity index is 245. The van der Waals surface area contributed by atoms with Crippen LogP contribution in [0.5, 0.6) is 0 Å². The first-order valence-electron chi connectivity index (χ1n) is 3.18. The number of halogens is 1. The van der Waals surface area contributed by atoms with Crippen LogP contribution < -0.4 is 0 Å². The summed E-state index contributed by atoms with van der Waals surface area (Å²) >= 11 is 3.28. The highest BCUT2D eigenvalue weighted by molar-refractivity contribution is 9.11. The van der Waals surface area contributed by atoms with Crippen molar-refractivity contribution in [1.82, 2.24) is 0 Å². The summed E-state index contributed by atoms with van der Waals surface area (Å²) in [6.45, 7) is 1.89. The molecule has 0 saturated carbocycles. The lowest BCUT2D eigenvalue weighted by atomic mass is 10.1. The van der Waals surface area contributed by atoms with Gasteiger partial charge in [0.15, 0.2) is 0 Å². The lowest BCUT2D eigenvalue weighted by Gasteiger charge is -2.04. The number of allylic oxidation sites excluding steroid dienone is 1. The average molecular weight is 218 g/mol. The summed E-state index contributed by atoms with van der Waals surface area (Å²) in [6.07, 6.45) is 1.62. The van der Waals surface area contributed by atoms with E-state index in [1.54, 1.807) is 6.20 Å². The number of nitrogens with zero attached hydrogens (tertiary/aromatic N) is 1. The zero-order chi connectivity index (χ0) is 8.43. The molecule has 1 rings (SSSR count). The van der Waals surface area contributed by atoms with Gasteiger partial charge < -0.3 is 4.74 Å². The van der Waals surface area contributed by atoms with E-state index >= 15 is 0 Å². The van der Waals surface area contributed by atoms with Crippen molar-refractivity contribution in [2.45, 2.75) is 6.92 Å². The monoisotopic (exact) mass is 217 g/mol. The molecule has 0 unspecified atom stereocenters. The van der Waals surface area contributed by atoms with Gasteiger partial charge >= 0.3 is 5.97 Å². The molecular formula is C7H8BrNO2. The Labute approximate surface area is 73.3 Å². The Morgan fingerprint density at radius 2 is 2.45 bits per heavy atom. The normalized spacial score (nSPS) is 22.6. The topological polar surface area (TPSA) is 38.7 Å². The molecule has 0 amide bonds. The van der Waals surface area contributed by atoms with Gasteiger partial charge in [-0.3, -0.25) is 4.99 Å². The number of aliphatic imine (C=N–C) groups is 1. The van der Waals surface area contributed by atoms with Crippen molar-refractivity contribution in [3.63, 3.8) is 0 Å². The van der Waals surface area contributed by atoms with Crippen LogP contribution in [0.1, 0.15) is 6.92 Å². The van der Waals surface area contributed by atoms with Gasteiger partial charge in [0.25, 0.3) is 0 Å². The SMILES string of the molecule is COC(=O)C1=NC=C(Br)[C@H]1C. The molecule has 1 aliphatic heterocycles. The van der Waals surface area contributed by atoms with Gasteiger partial charge in [0.1, 0.15) is 5.71 Å². The standard InChI is InChI=1S/C7H8BrNO2/c1-4-5(8)3-9-6(4)7(10)11-2/h3-4H,1-2H3/t4-/m1/s1. The molecule has 0 N–H and O–H groups in total. The molecule has 0 aromatic rings. The second-order valence-corrected chi connectivity index (χ2v) is 3.16. The van der Waals surface area contributed by atoms with Gasteiger partial charge in [-0.1, -0.05) is 22.9 Å². The summed E-state index contributed by atoms with van der Waals surface area (Å²) in [7, 11) is 1.35. The van der Waals surface area contributed by atoms with Crippen molar-refractivity contribution in [3.05, 3.63) is 10.7 Å². The van der Waals surface area contributed by atoms with Gasteiger partial charge in [0, 0.05) is 16.6 Å². The molecule has 0 fully saturated rings. The van der Waals surface area contributed by atoms with E-state index in [1.807, 2.05) is 6.92 Å². The van der Waals surface area contributed by atoms with E-state index < -0.39 is 0 Å². The summed E-state index contributed by atoms with van der Waals surface area (Å²) in [6, 6.07) is 0. The Balaban J connectivity index is 2.74. The van der Waals surface area contributed by atoms with Crippen molar-refractivity contribution in [2.75, 3.05) is 7.11 Å². The second kappa shape index (κ2) is 3.17. The van der Waals surface area contributed by atoms with E-state index in [1.165, 1.54) is 7.11 Å². The summed E-state index contributed by atoms with van der Waals surface area (Å²) in [5, 5.41) is 0. The van der Waals surface area contributed by atoms with Crippen molar-refractivity contribution in [3.8, 4) is 0 Å². The highest BCUT2D eigenvalue weighted by atomic mass is 79.9. The number of carbonyl (C=O) groups is 1. The van der Waals surface area contributed by atoms with Crippen LogP contribution in [0.4, 0.5) is 0 Å². The Hall–Kier alpha value is -0.640. The molecule has 1 heterocycles.